The highest BCUT2D eigenvalue weighted by Crippen LogP contribution is 2.37. The van der Waals surface area contributed by atoms with Gasteiger partial charge in [-0.15, -0.1) is 11.3 Å². The van der Waals surface area contributed by atoms with Crippen molar-refractivity contribution >= 4 is 28.2 Å². The van der Waals surface area contributed by atoms with Crippen molar-refractivity contribution in [1.29, 1.82) is 0 Å². The average Bonchev–Trinajstić information content (AvgIpc) is 3.19. The van der Waals surface area contributed by atoms with E-state index < -0.39 is 0 Å². The maximum Gasteiger partial charge on any atom is 0.156 e. The lowest BCUT2D eigenvalue weighted by Crippen LogP contribution is -1.96. The molecule has 5 nitrogen and oxygen atoms in total. The number of aromatic nitrogens is 4. The summed E-state index contributed by atoms with van der Waals surface area (Å²) in [6.07, 6.45) is 0. The third-order valence-corrected chi connectivity index (χ3v) is 4.46. The van der Waals surface area contributed by atoms with Gasteiger partial charge in [-0.1, -0.05) is 18.2 Å². The number of H-pyrrole nitrogens is 1. The number of rotatable bonds is 2. The van der Waals surface area contributed by atoms with Crippen molar-refractivity contribution in [3.05, 3.63) is 41.8 Å². The molecule has 0 spiro atoms. The van der Waals surface area contributed by atoms with Crippen molar-refractivity contribution in [2.75, 3.05) is 5.73 Å². The molecule has 1 aromatic carbocycles. The number of nitrogens with two attached hydrogens (primary N) is 1. The van der Waals surface area contributed by atoms with Crippen LogP contribution in [-0.4, -0.2) is 19.7 Å². The molecule has 104 valence electrons. The fourth-order valence-corrected chi connectivity index (χ4v) is 3.28. The molecule has 0 aliphatic heterocycles. The van der Waals surface area contributed by atoms with Crippen LogP contribution in [0.25, 0.3) is 33.0 Å². The summed E-state index contributed by atoms with van der Waals surface area (Å²) in [7, 11) is 2.00. The van der Waals surface area contributed by atoms with Gasteiger partial charge in [0, 0.05) is 7.05 Å². The Morgan fingerprint density at radius 2 is 2.05 bits per heavy atom. The first-order chi connectivity index (χ1) is 10.3. The molecule has 0 aliphatic carbocycles. The molecule has 3 heterocycles. The molecule has 0 unspecified atom stereocenters. The number of hydrogen-bond donors (Lipinski definition) is 2. The Morgan fingerprint density at radius 3 is 2.81 bits per heavy atom. The zero-order chi connectivity index (χ0) is 14.4. The Bertz CT molecular complexity index is 917. The van der Waals surface area contributed by atoms with E-state index >= 15 is 0 Å². The summed E-state index contributed by atoms with van der Waals surface area (Å²) in [6.45, 7) is 0. The predicted molar refractivity (Wildman–Crippen MR) is 86.0 cm³/mol. The maximum atomic E-state index is 6.08. The van der Waals surface area contributed by atoms with Crippen molar-refractivity contribution in [3.8, 4) is 22.0 Å². The molecule has 0 atom stereocenters. The molecule has 4 aromatic rings. The van der Waals surface area contributed by atoms with Crippen molar-refractivity contribution in [3.63, 3.8) is 0 Å². The van der Waals surface area contributed by atoms with E-state index in [0.717, 1.165) is 33.0 Å². The van der Waals surface area contributed by atoms with Crippen LogP contribution in [-0.2, 0) is 7.05 Å². The largest absolute Gasteiger partial charge is 0.382 e. The standard InChI is InChI=1S/C15H13N5S/c1-20-10-6-3-2-5-9(10)17-15(20)12-13(18-19-14(12)16)11-7-4-8-21-11/h2-8H,1H3,(H3,16,18,19). The number of anilines is 1. The van der Waals surface area contributed by atoms with Gasteiger partial charge in [-0.05, 0) is 23.6 Å². The van der Waals surface area contributed by atoms with Crippen molar-refractivity contribution < 1.29 is 0 Å². The zero-order valence-corrected chi connectivity index (χ0v) is 12.2. The summed E-state index contributed by atoms with van der Waals surface area (Å²) < 4.78 is 2.05. The van der Waals surface area contributed by atoms with Gasteiger partial charge in [-0.25, -0.2) is 4.98 Å². The number of thiophene rings is 1. The minimum atomic E-state index is 0.469. The lowest BCUT2D eigenvalue weighted by atomic mass is 10.2. The van der Waals surface area contributed by atoms with Crippen LogP contribution in [0, 0.1) is 0 Å². The second-order valence-electron chi connectivity index (χ2n) is 4.82. The smallest absolute Gasteiger partial charge is 0.156 e. The quantitative estimate of drug-likeness (QED) is 0.596. The molecule has 0 bridgehead atoms. The number of para-hydroxylation sites is 2. The third kappa shape index (κ3) is 1.76. The van der Waals surface area contributed by atoms with E-state index in [9.17, 15) is 0 Å². The van der Waals surface area contributed by atoms with Crippen LogP contribution < -0.4 is 5.73 Å². The number of fused-ring (bicyclic) bond motifs is 1. The zero-order valence-electron chi connectivity index (χ0n) is 11.4. The average molecular weight is 295 g/mol. The summed E-state index contributed by atoms with van der Waals surface area (Å²) >= 11 is 1.65. The SMILES string of the molecule is Cn1c(-c2c(N)n[nH]c2-c2cccs2)nc2ccccc21. The summed E-state index contributed by atoms with van der Waals surface area (Å²) in [5.74, 6) is 1.29. The Morgan fingerprint density at radius 1 is 1.19 bits per heavy atom. The van der Waals surface area contributed by atoms with Crippen LogP contribution in [0.5, 0.6) is 0 Å². The molecule has 3 aromatic heterocycles. The van der Waals surface area contributed by atoms with E-state index in [4.69, 9.17) is 10.7 Å². The fourth-order valence-electron chi connectivity index (χ4n) is 2.55. The topological polar surface area (TPSA) is 72.5 Å². The van der Waals surface area contributed by atoms with Gasteiger partial charge < -0.3 is 10.3 Å². The van der Waals surface area contributed by atoms with Gasteiger partial charge in [0.25, 0.3) is 0 Å². The van der Waals surface area contributed by atoms with Crippen LogP contribution in [0.1, 0.15) is 0 Å². The molecule has 4 rings (SSSR count). The van der Waals surface area contributed by atoms with E-state index in [2.05, 4.69) is 10.2 Å². The van der Waals surface area contributed by atoms with Gasteiger partial charge in [0.05, 0.1) is 27.2 Å². The maximum absolute atomic E-state index is 6.08. The second-order valence-corrected chi connectivity index (χ2v) is 5.77. The molecule has 6 heteroatoms. The van der Waals surface area contributed by atoms with Gasteiger partial charge in [-0.2, -0.15) is 5.10 Å². The summed E-state index contributed by atoms with van der Waals surface area (Å²) in [5, 5.41) is 9.23. The second kappa shape index (κ2) is 4.46. The molecule has 0 radical (unpaired) electrons. The number of aryl methyl sites for hydroxylation is 1. The van der Waals surface area contributed by atoms with Crippen molar-refractivity contribution in [2.45, 2.75) is 0 Å². The van der Waals surface area contributed by atoms with Crippen LogP contribution in [0.4, 0.5) is 5.82 Å². The van der Waals surface area contributed by atoms with E-state index in [1.165, 1.54) is 0 Å². The molecule has 0 amide bonds. The molecular weight excluding hydrogens is 282 g/mol. The number of nitrogen functional groups attached to an aromatic ring is 1. The molecule has 0 fully saturated rings. The van der Waals surface area contributed by atoms with E-state index in [1.807, 2.05) is 53.4 Å². The Balaban J connectivity index is 2.01. The molecular formula is C15H13N5S. The summed E-state index contributed by atoms with van der Waals surface area (Å²) in [4.78, 5) is 5.81. The number of benzene rings is 1. The first kappa shape index (κ1) is 12.2. The Hall–Kier alpha value is -2.60. The first-order valence-corrected chi connectivity index (χ1v) is 7.43. The highest BCUT2D eigenvalue weighted by Gasteiger charge is 2.20. The van der Waals surface area contributed by atoms with E-state index in [1.54, 1.807) is 11.3 Å². The molecule has 3 N–H and O–H groups in total. The van der Waals surface area contributed by atoms with Crippen LogP contribution in [0.15, 0.2) is 41.8 Å². The molecule has 0 saturated heterocycles. The predicted octanol–water partition coefficient (Wildman–Crippen LogP) is 3.27. The highest BCUT2D eigenvalue weighted by molar-refractivity contribution is 7.13. The minimum absolute atomic E-state index is 0.469. The van der Waals surface area contributed by atoms with Gasteiger partial charge in [-0.3, -0.25) is 5.10 Å². The number of aromatic amines is 1. The van der Waals surface area contributed by atoms with Gasteiger partial charge in [0.1, 0.15) is 5.82 Å². The minimum Gasteiger partial charge on any atom is -0.382 e. The van der Waals surface area contributed by atoms with Crippen LogP contribution in [0.3, 0.4) is 0 Å². The van der Waals surface area contributed by atoms with E-state index in [-0.39, 0.29) is 0 Å². The van der Waals surface area contributed by atoms with Gasteiger partial charge >= 0.3 is 0 Å². The third-order valence-electron chi connectivity index (χ3n) is 3.57. The molecule has 0 aliphatic rings. The summed E-state index contributed by atoms with van der Waals surface area (Å²) in [6, 6.07) is 12.1. The fraction of sp³-hybridized carbons (Fsp3) is 0.0667. The van der Waals surface area contributed by atoms with Gasteiger partial charge in [0.2, 0.25) is 0 Å². The molecule has 21 heavy (non-hydrogen) atoms. The lowest BCUT2D eigenvalue weighted by molar-refractivity contribution is 0.960. The first-order valence-electron chi connectivity index (χ1n) is 6.55. The van der Waals surface area contributed by atoms with Crippen molar-refractivity contribution in [1.82, 2.24) is 19.7 Å². The normalized spacial score (nSPS) is 11.3. The summed E-state index contributed by atoms with van der Waals surface area (Å²) in [5.41, 5.74) is 9.88. The highest BCUT2D eigenvalue weighted by atomic mass is 32.1. The van der Waals surface area contributed by atoms with Gasteiger partial charge in [0.15, 0.2) is 5.82 Å². The Kier molecular flexibility index (Phi) is 2.58. The number of nitrogens with one attached hydrogen (secondary N) is 1. The van der Waals surface area contributed by atoms with Crippen molar-refractivity contribution in [2.24, 2.45) is 7.05 Å². The van der Waals surface area contributed by atoms with Crippen LogP contribution in [0.2, 0.25) is 0 Å². The molecule has 0 saturated carbocycles. The van der Waals surface area contributed by atoms with Crippen LogP contribution >= 0.6 is 11.3 Å². The number of imidazole rings is 1. The Labute approximate surface area is 125 Å². The lowest BCUT2D eigenvalue weighted by Gasteiger charge is -2.03. The number of hydrogen-bond acceptors (Lipinski definition) is 4. The van der Waals surface area contributed by atoms with E-state index in [0.29, 0.717) is 5.82 Å². The number of nitrogens with zero attached hydrogens (tertiary/aromatic N) is 3. The monoisotopic (exact) mass is 295 g/mol.